The number of hydrogen-bond donors (Lipinski definition) is 0. The van der Waals surface area contributed by atoms with Crippen molar-refractivity contribution in [3.8, 4) is 5.75 Å². The third-order valence-corrected chi connectivity index (χ3v) is 4.27. The van der Waals surface area contributed by atoms with Crippen LogP contribution in [0.15, 0.2) is 22.7 Å². The molecule has 1 aromatic heterocycles. The number of nitrogens with zero attached hydrogens (tertiary/aromatic N) is 3. The summed E-state index contributed by atoms with van der Waals surface area (Å²) in [5, 5.41) is 3.81. The summed E-state index contributed by atoms with van der Waals surface area (Å²) >= 11 is 0. The van der Waals surface area contributed by atoms with Gasteiger partial charge in [0.05, 0.1) is 5.92 Å². The third-order valence-electron chi connectivity index (χ3n) is 4.27. The van der Waals surface area contributed by atoms with E-state index in [9.17, 15) is 4.79 Å². The third kappa shape index (κ3) is 3.52. The minimum Gasteiger partial charge on any atom is -0.484 e. The standard InChI is InChI=1S/C17H21N3O3/c1-11-4-5-15(8-12(11)2)22-10-16(21)20-7-6-14(9-20)17-18-13(3)19-23-17/h4-5,8,14H,6-7,9-10H2,1-3H3/t14-/m0/s1. The number of aryl methyl sites for hydroxylation is 3. The lowest BCUT2D eigenvalue weighted by atomic mass is 10.1. The van der Waals surface area contributed by atoms with Crippen LogP contribution in [0.5, 0.6) is 5.75 Å². The number of likely N-dealkylation sites (tertiary alicyclic amines) is 1. The lowest BCUT2D eigenvalue weighted by Crippen LogP contribution is -2.32. The van der Waals surface area contributed by atoms with E-state index in [-0.39, 0.29) is 18.4 Å². The van der Waals surface area contributed by atoms with Crippen molar-refractivity contribution in [1.82, 2.24) is 15.0 Å². The maximum absolute atomic E-state index is 12.3. The van der Waals surface area contributed by atoms with E-state index in [1.54, 1.807) is 11.8 Å². The summed E-state index contributed by atoms with van der Waals surface area (Å²) in [5.74, 6) is 2.09. The second-order valence-corrected chi connectivity index (χ2v) is 6.04. The first kappa shape index (κ1) is 15.5. The Bertz CT molecular complexity index is 711. The summed E-state index contributed by atoms with van der Waals surface area (Å²) in [7, 11) is 0. The first-order valence-corrected chi connectivity index (χ1v) is 7.81. The summed E-state index contributed by atoms with van der Waals surface area (Å²) in [6.45, 7) is 7.23. The fourth-order valence-corrected chi connectivity index (χ4v) is 2.71. The number of carbonyl (C=O) groups excluding carboxylic acids is 1. The van der Waals surface area contributed by atoms with Crippen LogP contribution in [-0.2, 0) is 4.79 Å². The number of ether oxygens (including phenoxy) is 1. The monoisotopic (exact) mass is 315 g/mol. The molecule has 1 aromatic carbocycles. The Balaban J connectivity index is 1.54. The molecule has 0 bridgehead atoms. The molecule has 1 fully saturated rings. The molecule has 6 nitrogen and oxygen atoms in total. The van der Waals surface area contributed by atoms with Crippen LogP contribution < -0.4 is 4.74 Å². The SMILES string of the molecule is Cc1noc([C@H]2CCN(C(=O)COc3ccc(C)c(C)c3)C2)n1. The molecule has 6 heteroatoms. The van der Waals surface area contributed by atoms with Gasteiger partial charge in [0.15, 0.2) is 12.4 Å². The summed E-state index contributed by atoms with van der Waals surface area (Å²) in [4.78, 5) is 18.3. The molecule has 122 valence electrons. The zero-order valence-corrected chi connectivity index (χ0v) is 13.7. The van der Waals surface area contributed by atoms with Gasteiger partial charge in [0.25, 0.3) is 5.91 Å². The van der Waals surface area contributed by atoms with Gasteiger partial charge in [-0.15, -0.1) is 0 Å². The van der Waals surface area contributed by atoms with E-state index in [4.69, 9.17) is 9.26 Å². The molecule has 1 saturated heterocycles. The highest BCUT2D eigenvalue weighted by Gasteiger charge is 2.30. The normalized spacial score (nSPS) is 17.5. The van der Waals surface area contributed by atoms with Crippen LogP contribution in [-0.4, -0.2) is 40.6 Å². The fraction of sp³-hybridized carbons (Fsp3) is 0.471. The van der Waals surface area contributed by atoms with Gasteiger partial charge < -0.3 is 14.2 Å². The number of benzene rings is 1. The molecule has 2 aromatic rings. The number of carbonyl (C=O) groups is 1. The summed E-state index contributed by atoms with van der Waals surface area (Å²) in [6, 6.07) is 5.85. The van der Waals surface area contributed by atoms with Gasteiger partial charge in [-0.25, -0.2) is 0 Å². The highest BCUT2D eigenvalue weighted by Crippen LogP contribution is 2.26. The van der Waals surface area contributed by atoms with Crippen LogP contribution in [0, 0.1) is 20.8 Å². The smallest absolute Gasteiger partial charge is 0.260 e. The molecule has 1 amide bonds. The Kier molecular flexibility index (Phi) is 4.32. The molecule has 0 unspecified atom stereocenters. The Morgan fingerprint density at radius 2 is 2.17 bits per heavy atom. The number of amides is 1. The van der Waals surface area contributed by atoms with E-state index in [1.165, 1.54) is 5.56 Å². The van der Waals surface area contributed by atoms with Gasteiger partial charge >= 0.3 is 0 Å². The molecular weight excluding hydrogens is 294 g/mol. The van der Waals surface area contributed by atoms with E-state index in [0.717, 1.165) is 17.7 Å². The van der Waals surface area contributed by atoms with Crippen LogP contribution in [0.1, 0.15) is 35.2 Å². The van der Waals surface area contributed by atoms with Gasteiger partial charge in [-0.3, -0.25) is 4.79 Å². The predicted octanol–water partition coefficient (Wildman–Crippen LogP) is 2.39. The van der Waals surface area contributed by atoms with E-state index in [2.05, 4.69) is 10.1 Å². The number of hydrogen-bond acceptors (Lipinski definition) is 5. The lowest BCUT2D eigenvalue weighted by molar-refractivity contribution is -0.132. The average molecular weight is 315 g/mol. The molecule has 0 aliphatic carbocycles. The van der Waals surface area contributed by atoms with E-state index < -0.39 is 0 Å². The molecule has 1 aliphatic rings. The van der Waals surface area contributed by atoms with Gasteiger partial charge in [0.1, 0.15) is 5.75 Å². The maximum Gasteiger partial charge on any atom is 0.260 e. The molecule has 1 atom stereocenters. The summed E-state index contributed by atoms with van der Waals surface area (Å²) in [6.07, 6.45) is 0.844. The summed E-state index contributed by atoms with van der Waals surface area (Å²) in [5.41, 5.74) is 2.36. The molecule has 23 heavy (non-hydrogen) atoms. The van der Waals surface area contributed by atoms with Gasteiger partial charge in [0, 0.05) is 13.1 Å². The zero-order valence-electron chi connectivity index (χ0n) is 13.7. The van der Waals surface area contributed by atoms with Crippen LogP contribution >= 0.6 is 0 Å². The van der Waals surface area contributed by atoms with Crippen LogP contribution in [0.3, 0.4) is 0 Å². The topological polar surface area (TPSA) is 68.5 Å². The van der Waals surface area contributed by atoms with Gasteiger partial charge in [0.2, 0.25) is 5.89 Å². The van der Waals surface area contributed by atoms with Crippen molar-refractivity contribution in [3.05, 3.63) is 41.0 Å². The van der Waals surface area contributed by atoms with Gasteiger partial charge in [-0.05, 0) is 50.5 Å². The second-order valence-electron chi connectivity index (χ2n) is 6.04. The van der Waals surface area contributed by atoms with Crippen LogP contribution in [0.2, 0.25) is 0 Å². The van der Waals surface area contributed by atoms with Gasteiger partial charge in [-0.2, -0.15) is 4.98 Å². The second kappa shape index (κ2) is 6.40. The van der Waals surface area contributed by atoms with Crippen molar-refractivity contribution >= 4 is 5.91 Å². The summed E-state index contributed by atoms with van der Waals surface area (Å²) < 4.78 is 10.8. The van der Waals surface area contributed by atoms with Crippen LogP contribution in [0.4, 0.5) is 0 Å². The Morgan fingerprint density at radius 1 is 1.35 bits per heavy atom. The van der Waals surface area contributed by atoms with E-state index >= 15 is 0 Å². The van der Waals surface area contributed by atoms with Crippen molar-refractivity contribution in [2.24, 2.45) is 0 Å². The molecule has 1 aliphatic heterocycles. The number of aromatic nitrogens is 2. The zero-order chi connectivity index (χ0) is 16.4. The minimum absolute atomic E-state index is 0.0121. The molecule has 0 N–H and O–H groups in total. The number of rotatable bonds is 4. The van der Waals surface area contributed by atoms with E-state index in [0.29, 0.717) is 24.8 Å². The Hall–Kier alpha value is -2.37. The predicted molar refractivity (Wildman–Crippen MR) is 84.4 cm³/mol. The first-order valence-electron chi connectivity index (χ1n) is 7.81. The van der Waals surface area contributed by atoms with Crippen LogP contribution in [0.25, 0.3) is 0 Å². The highest BCUT2D eigenvalue weighted by atomic mass is 16.5. The Morgan fingerprint density at radius 3 is 2.87 bits per heavy atom. The van der Waals surface area contributed by atoms with Crippen molar-refractivity contribution in [1.29, 1.82) is 0 Å². The molecular formula is C17H21N3O3. The average Bonchev–Trinajstić information content (AvgIpc) is 3.17. The first-order chi connectivity index (χ1) is 11.0. The molecule has 0 spiro atoms. The largest absolute Gasteiger partial charge is 0.484 e. The Labute approximate surface area is 135 Å². The van der Waals surface area contributed by atoms with Crippen molar-refractivity contribution in [2.75, 3.05) is 19.7 Å². The molecule has 3 rings (SSSR count). The molecule has 0 radical (unpaired) electrons. The van der Waals surface area contributed by atoms with Gasteiger partial charge in [-0.1, -0.05) is 11.2 Å². The fourth-order valence-electron chi connectivity index (χ4n) is 2.71. The minimum atomic E-state index is -0.0121. The highest BCUT2D eigenvalue weighted by molar-refractivity contribution is 5.78. The molecule has 2 heterocycles. The quantitative estimate of drug-likeness (QED) is 0.866. The van der Waals surface area contributed by atoms with Crippen molar-refractivity contribution in [2.45, 2.75) is 33.1 Å². The maximum atomic E-state index is 12.3. The van der Waals surface area contributed by atoms with Crippen molar-refractivity contribution < 1.29 is 14.1 Å². The lowest BCUT2D eigenvalue weighted by Gasteiger charge is -2.16. The molecule has 0 saturated carbocycles. The van der Waals surface area contributed by atoms with Crippen molar-refractivity contribution in [3.63, 3.8) is 0 Å². The van der Waals surface area contributed by atoms with E-state index in [1.807, 2.05) is 32.0 Å².